The molecule has 17 nitrogen and oxygen atoms in total. The van der Waals surface area contributed by atoms with Gasteiger partial charge in [-0.3, -0.25) is 14.8 Å². The van der Waals surface area contributed by atoms with E-state index < -0.39 is 80.2 Å². The van der Waals surface area contributed by atoms with E-state index in [1.54, 1.807) is 0 Å². The van der Waals surface area contributed by atoms with Crippen molar-refractivity contribution in [2.45, 2.75) is 109 Å². The summed E-state index contributed by atoms with van der Waals surface area (Å²) in [6, 6.07) is -1.17. The fraction of sp³-hybridized carbons (Fsp3) is 0.852. The van der Waals surface area contributed by atoms with E-state index in [0.717, 1.165) is 35.0 Å². The molecule has 0 radical (unpaired) electrons. The third kappa shape index (κ3) is 8.32. The molecule has 2 aliphatic heterocycles. The summed E-state index contributed by atoms with van der Waals surface area (Å²) in [6.45, 7) is 12.7. The number of amides is 2. The predicted molar refractivity (Wildman–Crippen MR) is 156 cm³/mol. The summed E-state index contributed by atoms with van der Waals surface area (Å²) in [4.78, 5) is 41.5. The number of aliphatic hydroxyl groups is 5. The van der Waals surface area contributed by atoms with Crippen LogP contribution in [0.4, 0.5) is 0 Å². The number of aliphatic hydroxyl groups excluding tert-OH is 3. The van der Waals surface area contributed by atoms with Crippen LogP contribution in [0.2, 0.25) is 13.1 Å². The number of nitrogens with one attached hydrogen (secondary N) is 1. The molecule has 262 valence electrons. The number of nitrogens with zero attached hydrogens (tertiary/aromatic N) is 1. The van der Waals surface area contributed by atoms with Crippen LogP contribution in [-0.4, -0.2) is 125 Å². The Kier molecular flexibility index (Phi) is 12.6. The van der Waals surface area contributed by atoms with Crippen molar-refractivity contribution in [1.82, 2.24) is 10.4 Å². The lowest BCUT2D eigenvalue weighted by Crippen LogP contribution is -2.75. The summed E-state index contributed by atoms with van der Waals surface area (Å²) in [5, 5.41) is 68.6. The van der Waals surface area contributed by atoms with Gasteiger partial charge in [-0.25, -0.2) is 19.7 Å². The molecular weight excluding hydrogens is 620 g/mol. The standard InChI is InChI=1S/C27H50N2O15Si/c1-23(2,3)15-11-12-16(21(34)29(13-15)44-45(9)10)28-20(33)19(41-39-8)27(36)22(40-37)26(35,42-24(4,5)43-27)18(32)17(31)25(6,14-30)38-7/h15-16,19,22,30-32,35-37,45H,11-14H2,1-10H3,(H,28,33)/b18-17+/t15-,16-,19-,22+,25?,26-,27-/m0/s1. The molecule has 0 bridgehead atoms. The molecule has 7 N–H and O–H groups in total. The second-order valence-electron chi connectivity index (χ2n) is 13.2. The Hall–Kier alpha value is -1.94. The Labute approximate surface area is 264 Å². The fourth-order valence-electron chi connectivity index (χ4n) is 5.22. The highest BCUT2D eigenvalue weighted by Gasteiger charge is 2.70. The van der Waals surface area contributed by atoms with Crippen molar-refractivity contribution >= 4 is 20.9 Å². The maximum Gasteiger partial charge on any atom is 0.267 e. The lowest BCUT2D eigenvalue weighted by molar-refractivity contribution is -0.536. The minimum atomic E-state index is -3.38. The maximum atomic E-state index is 13.8. The number of carbonyl (C=O) groups excluding carboxylic acids is 2. The lowest BCUT2D eigenvalue weighted by Gasteiger charge is -2.53. The fourth-order valence-corrected chi connectivity index (χ4v) is 5.92. The zero-order valence-corrected chi connectivity index (χ0v) is 28.7. The number of hydrogen-bond acceptors (Lipinski definition) is 15. The Morgan fingerprint density at radius 2 is 1.73 bits per heavy atom. The number of rotatable bonds is 12. The molecule has 0 aromatic heterocycles. The van der Waals surface area contributed by atoms with E-state index in [1.807, 2.05) is 33.9 Å². The van der Waals surface area contributed by atoms with Crippen molar-refractivity contribution in [3.63, 3.8) is 0 Å². The number of methoxy groups -OCH3 is 1. The first-order valence-corrected chi connectivity index (χ1v) is 17.3. The highest BCUT2D eigenvalue weighted by molar-refractivity contribution is 6.48. The Balaban J connectivity index is 2.60. The second-order valence-corrected chi connectivity index (χ2v) is 15.5. The van der Waals surface area contributed by atoms with Gasteiger partial charge in [-0.2, -0.15) is 0 Å². The van der Waals surface area contributed by atoms with Gasteiger partial charge < -0.3 is 49.6 Å². The zero-order chi connectivity index (χ0) is 34.8. The van der Waals surface area contributed by atoms with E-state index in [4.69, 9.17) is 28.5 Å². The zero-order valence-electron chi connectivity index (χ0n) is 27.5. The Morgan fingerprint density at radius 3 is 2.20 bits per heavy atom. The molecule has 2 aliphatic rings. The summed E-state index contributed by atoms with van der Waals surface area (Å²) in [5.41, 5.74) is -2.22. The van der Waals surface area contributed by atoms with Crippen LogP contribution in [0.3, 0.4) is 0 Å². The molecule has 0 spiro atoms. The third-order valence-electron chi connectivity index (χ3n) is 7.88. The average molecular weight is 671 g/mol. The normalized spacial score (nSPS) is 32.0. The Morgan fingerprint density at radius 1 is 1.13 bits per heavy atom. The van der Waals surface area contributed by atoms with Crippen molar-refractivity contribution < 1.29 is 73.8 Å². The molecule has 0 saturated carbocycles. The molecule has 18 heteroatoms. The molecule has 1 unspecified atom stereocenters. The van der Waals surface area contributed by atoms with Gasteiger partial charge >= 0.3 is 0 Å². The molecular formula is C27H50N2O15Si. The Bertz CT molecular complexity index is 1080. The minimum Gasteiger partial charge on any atom is -0.506 e. The van der Waals surface area contributed by atoms with E-state index >= 15 is 0 Å². The van der Waals surface area contributed by atoms with Crippen molar-refractivity contribution in [3.05, 3.63) is 11.5 Å². The molecule has 45 heavy (non-hydrogen) atoms. The predicted octanol–water partition coefficient (Wildman–Crippen LogP) is 0.361. The van der Waals surface area contributed by atoms with Crippen LogP contribution < -0.4 is 5.32 Å². The van der Waals surface area contributed by atoms with Gasteiger partial charge in [0.25, 0.3) is 17.6 Å². The van der Waals surface area contributed by atoms with Crippen LogP contribution in [0, 0.1) is 11.3 Å². The molecule has 2 rings (SSSR count). The number of ether oxygens (including phenoxy) is 3. The summed E-state index contributed by atoms with van der Waals surface area (Å²) < 4.78 is 21.9. The van der Waals surface area contributed by atoms with Gasteiger partial charge in [0, 0.05) is 7.11 Å². The molecule has 2 saturated heterocycles. The van der Waals surface area contributed by atoms with Crippen molar-refractivity contribution in [2.24, 2.45) is 11.3 Å². The minimum absolute atomic E-state index is 0.00672. The van der Waals surface area contributed by atoms with Crippen molar-refractivity contribution in [1.29, 1.82) is 0 Å². The number of hydrogen-bond donors (Lipinski definition) is 7. The van der Waals surface area contributed by atoms with E-state index in [1.165, 1.54) is 5.06 Å². The van der Waals surface area contributed by atoms with Crippen molar-refractivity contribution in [2.75, 3.05) is 27.4 Å². The molecule has 0 aromatic carbocycles. The third-order valence-corrected chi connectivity index (χ3v) is 8.56. The van der Waals surface area contributed by atoms with Crippen LogP contribution in [-0.2, 0) is 43.0 Å². The summed E-state index contributed by atoms with van der Waals surface area (Å²) >= 11 is 0. The topological polar surface area (TPSA) is 235 Å². The lowest BCUT2D eigenvalue weighted by atomic mass is 9.78. The van der Waals surface area contributed by atoms with Crippen LogP contribution in [0.5, 0.6) is 0 Å². The average Bonchev–Trinajstić information content (AvgIpc) is 3.07. The number of carbonyl (C=O) groups is 2. The van der Waals surface area contributed by atoms with Crippen LogP contribution >= 0.6 is 0 Å². The van der Waals surface area contributed by atoms with Gasteiger partial charge in [0.1, 0.15) is 11.6 Å². The molecule has 7 atom stereocenters. The van der Waals surface area contributed by atoms with Gasteiger partial charge in [0.2, 0.25) is 27.0 Å². The largest absolute Gasteiger partial charge is 0.506 e. The first-order valence-electron chi connectivity index (χ1n) is 14.5. The van der Waals surface area contributed by atoms with Gasteiger partial charge in [0.15, 0.2) is 17.3 Å². The first-order chi connectivity index (χ1) is 20.6. The van der Waals surface area contributed by atoms with Crippen molar-refractivity contribution in [3.8, 4) is 0 Å². The van der Waals surface area contributed by atoms with E-state index in [9.17, 15) is 40.4 Å². The molecule has 0 aliphatic carbocycles. The van der Waals surface area contributed by atoms with E-state index in [0.29, 0.717) is 6.42 Å². The number of hydroxylamine groups is 2. The van der Waals surface area contributed by atoms with Crippen LogP contribution in [0.1, 0.15) is 54.4 Å². The highest BCUT2D eigenvalue weighted by atomic mass is 28.3. The summed E-state index contributed by atoms with van der Waals surface area (Å²) in [7, 11) is 0.301. The first kappa shape index (κ1) is 39.2. The van der Waals surface area contributed by atoms with E-state index in [-0.39, 0.29) is 24.3 Å². The van der Waals surface area contributed by atoms with Crippen LogP contribution in [0.15, 0.2) is 11.5 Å². The highest BCUT2D eigenvalue weighted by Crippen LogP contribution is 2.46. The van der Waals surface area contributed by atoms with Crippen LogP contribution in [0.25, 0.3) is 0 Å². The van der Waals surface area contributed by atoms with Gasteiger partial charge in [0.05, 0.1) is 20.3 Å². The molecule has 0 aromatic rings. The van der Waals surface area contributed by atoms with E-state index in [2.05, 4.69) is 10.2 Å². The van der Waals surface area contributed by atoms with Gasteiger partial charge in [-0.05, 0) is 58.0 Å². The monoisotopic (exact) mass is 670 g/mol. The molecule has 2 heterocycles. The summed E-state index contributed by atoms with van der Waals surface area (Å²) in [5.74, 6) is -13.2. The summed E-state index contributed by atoms with van der Waals surface area (Å²) in [6.07, 6.45) is -4.33. The maximum absolute atomic E-state index is 13.8. The second kappa shape index (κ2) is 14.4. The smallest absolute Gasteiger partial charge is 0.267 e. The van der Waals surface area contributed by atoms with Gasteiger partial charge in [-0.15, -0.1) is 0 Å². The quantitative estimate of drug-likeness (QED) is 0.0643. The molecule has 2 amide bonds. The molecule has 2 fully saturated rings. The SMILES string of the molecule is COO[C@@H](C(=O)N[C@H]1CC[C@H](C(C)(C)C)CN(O[SiH](C)C)C1=O)[C@]1(O)OC(C)(C)O[C@@](O)(/C(O)=C(\O)C(C)(CO)OC)[C@H]1OO. The van der Waals surface area contributed by atoms with Gasteiger partial charge in [-0.1, -0.05) is 20.8 Å².